The fourth-order valence-electron chi connectivity index (χ4n) is 7.12. The lowest BCUT2D eigenvalue weighted by Gasteiger charge is -2.35. The Morgan fingerprint density at radius 1 is 1.00 bits per heavy atom. The molecule has 2 heterocycles. The topological polar surface area (TPSA) is 182 Å². The van der Waals surface area contributed by atoms with Gasteiger partial charge in [0.1, 0.15) is 48.4 Å². The summed E-state index contributed by atoms with van der Waals surface area (Å²) in [5.41, 5.74) is 0.661. The maximum Gasteiger partial charge on any atom is 0.408 e. The summed E-state index contributed by atoms with van der Waals surface area (Å²) in [6, 6.07) is 10.5. The smallest absolute Gasteiger partial charge is 0.408 e. The van der Waals surface area contributed by atoms with E-state index in [1.165, 1.54) is 4.90 Å². The van der Waals surface area contributed by atoms with E-state index in [2.05, 4.69) is 15.8 Å². The maximum atomic E-state index is 14.4. The van der Waals surface area contributed by atoms with Gasteiger partial charge >= 0.3 is 6.09 Å². The molecule has 1 saturated heterocycles. The molecule has 288 valence electrons. The van der Waals surface area contributed by atoms with Crippen LogP contribution in [0.1, 0.15) is 57.6 Å². The minimum absolute atomic E-state index is 0.132. The zero-order valence-corrected chi connectivity index (χ0v) is 30.7. The van der Waals surface area contributed by atoms with Gasteiger partial charge in [0.2, 0.25) is 28.3 Å². The number of alkyl halides is 2. The zero-order valence-electron chi connectivity index (χ0n) is 29.8. The van der Waals surface area contributed by atoms with Crippen LogP contribution in [0.3, 0.4) is 0 Å². The third kappa shape index (κ3) is 7.24. The molecule has 2 saturated carbocycles. The van der Waals surface area contributed by atoms with Crippen LogP contribution < -0.4 is 20.1 Å². The molecule has 0 radical (unpaired) electrons. The predicted octanol–water partition coefficient (Wildman–Crippen LogP) is 3.24. The molecule has 2 aromatic carbocycles. The number of hydrogen-bond donors (Lipinski definition) is 3. The van der Waals surface area contributed by atoms with Crippen LogP contribution in [-0.2, 0) is 34.0 Å². The van der Waals surface area contributed by atoms with Crippen molar-refractivity contribution in [1.82, 2.24) is 20.3 Å². The number of carbonyl (C=O) groups is 4. The van der Waals surface area contributed by atoms with Gasteiger partial charge in [-0.2, -0.15) is 0 Å². The molecule has 0 aromatic heterocycles. The Balaban J connectivity index is 1.23. The molecule has 3 aliphatic carbocycles. The van der Waals surface area contributed by atoms with Crippen molar-refractivity contribution in [3.8, 4) is 16.9 Å². The predicted molar refractivity (Wildman–Crippen MR) is 190 cm³/mol. The normalized spacial score (nSPS) is 28.4. The van der Waals surface area contributed by atoms with Crippen molar-refractivity contribution in [2.45, 2.75) is 81.9 Å². The Morgan fingerprint density at radius 2 is 1.69 bits per heavy atom. The minimum Gasteiger partial charge on any atom is -0.490 e. The first-order chi connectivity index (χ1) is 25.6. The summed E-state index contributed by atoms with van der Waals surface area (Å²) in [7, 11) is -4.13. The van der Waals surface area contributed by atoms with Gasteiger partial charge in [-0.15, -0.1) is 0 Å². The lowest BCUT2D eigenvalue weighted by Crippen LogP contribution is -2.60. The van der Waals surface area contributed by atoms with Gasteiger partial charge in [-0.3, -0.25) is 19.1 Å². The van der Waals surface area contributed by atoms with E-state index in [4.69, 9.17) is 14.3 Å². The molecule has 5 atom stereocenters. The van der Waals surface area contributed by atoms with Crippen molar-refractivity contribution in [2.75, 3.05) is 19.8 Å². The van der Waals surface area contributed by atoms with Crippen LogP contribution in [0.5, 0.6) is 5.75 Å². The molecule has 54 heavy (non-hydrogen) atoms. The van der Waals surface area contributed by atoms with E-state index in [-0.39, 0.29) is 26.2 Å². The number of alkyl carbamates (subject to hydrolysis) is 1. The minimum atomic E-state index is -4.13. The average Bonchev–Trinajstić information content (AvgIpc) is 4.03. The highest BCUT2D eigenvalue weighted by Crippen LogP contribution is 2.48. The van der Waals surface area contributed by atoms with Gasteiger partial charge in [0, 0.05) is 17.5 Å². The first-order valence-electron chi connectivity index (χ1n) is 17.7. The Hall–Kier alpha value is -5.06. The van der Waals surface area contributed by atoms with Crippen LogP contribution in [0.2, 0.25) is 0 Å². The first-order valence-corrected chi connectivity index (χ1v) is 19.3. The van der Waals surface area contributed by atoms with Gasteiger partial charge in [-0.1, -0.05) is 50.2 Å². The van der Waals surface area contributed by atoms with Crippen molar-refractivity contribution in [3.05, 3.63) is 65.7 Å². The summed E-state index contributed by atoms with van der Waals surface area (Å²) in [6.07, 6.45) is -1.63. The lowest BCUT2D eigenvalue weighted by molar-refractivity contribution is -0.143. The van der Waals surface area contributed by atoms with Gasteiger partial charge in [-0.05, 0) is 66.2 Å². The largest absolute Gasteiger partial charge is 0.490 e. The van der Waals surface area contributed by atoms with Gasteiger partial charge in [-0.25, -0.2) is 22.0 Å². The molecular formula is C37H41F2N5O9S. The molecule has 3 N–H and O–H groups in total. The van der Waals surface area contributed by atoms with E-state index in [0.717, 1.165) is 22.3 Å². The van der Waals surface area contributed by atoms with Crippen molar-refractivity contribution < 1.29 is 50.7 Å². The summed E-state index contributed by atoms with van der Waals surface area (Å²) in [5, 5.41) is 8.72. The van der Waals surface area contributed by atoms with E-state index in [9.17, 15) is 36.4 Å². The monoisotopic (exact) mass is 769 g/mol. The van der Waals surface area contributed by atoms with Crippen molar-refractivity contribution in [1.29, 1.82) is 0 Å². The average molecular weight is 770 g/mol. The van der Waals surface area contributed by atoms with Crippen LogP contribution >= 0.6 is 0 Å². The zero-order chi connectivity index (χ0) is 38.6. The third-order valence-electron chi connectivity index (χ3n) is 10.3. The highest BCUT2D eigenvalue weighted by Gasteiger charge is 2.67. The summed E-state index contributed by atoms with van der Waals surface area (Å²) in [6.45, 7) is 4.95. The summed E-state index contributed by atoms with van der Waals surface area (Å²) in [4.78, 5) is 62.0. The molecule has 5 aliphatic rings. The fraction of sp³-hybridized carbons (Fsp3) is 0.486. The molecule has 17 heteroatoms. The second-order valence-corrected chi connectivity index (χ2v) is 17.2. The number of halogens is 2. The number of nitrogens with zero attached hydrogens (tertiary/aromatic N) is 2. The molecule has 3 fully saturated rings. The Bertz CT molecular complexity index is 2050. The number of carbonyl (C=O) groups excluding carboxylic acids is 4. The highest BCUT2D eigenvalue weighted by atomic mass is 32.2. The molecule has 2 aromatic rings. The van der Waals surface area contributed by atoms with Crippen molar-refractivity contribution in [2.24, 2.45) is 16.5 Å². The van der Waals surface area contributed by atoms with Crippen LogP contribution in [0.15, 0.2) is 59.8 Å². The van der Waals surface area contributed by atoms with Gasteiger partial charge in [0.15, 0.2) is 0 Å². The number of oxime groups is 1. The van der Waals surface area contributed by atoms with E-state index < -0.39 is 87.0 Å². The van der Waals surface area contributed by atoms with E-state index in [0.29, 0.717) is 24.3 Å². The van der Waals surface area contributed by atoms with E-state index >= 15 is 0 Å². The van der Waals surface area contributed by atoms with Crippen LogP contribution in [0.4, 0.5) is 13.6 Å². The lowest BCUT2D eigenvalue weighted by atomic mass is 9.85. The number of sulfonamides is 1. The van der Waals surface area contributed by atoms with Crippen LogP contribution in [0, 0.1) is 11.3 Å². The SMILES string of the molecule is CC(C)(C)[C@@H]1NC(=O)OC/C=C/COc2ccc3c(c2)/C(=N\O[C@@H]2C[C@@H](C(=O)N[C@]4(C(=O)NS(=O)(=O)C5CC5)C[C@H]4C(F)F)N(C2)C1=O)c1ccccc1-3. The Kier molecular flexibility index (Phi) is 9.64. The maximum absolute atomic E-state index is 14.4. The van der Waals surface area contributed by atoms with Gasteiger partial charge in [0.05, 0.1) is 17.7 Å². The highest BCUT2D eigenvalue weighted by molar-refractivity contribution is 7.91. The number of benzene rings is 2. The number of amides is 4. The second-order valence-electron chi connectivity index (χ2n) is 15.3. The third-order valence-corrected chi connectivity index (χ3v) is 12.1. The summed E-state index contributed by atoms with van der Waals surface area (Å²) in [5.74, 6) is -4.04. The van der Waals surface area contributed by atoms with Crippen LogP contribution in [-0.4, -0.2) is 98.0 Å². The summed E-state index contributed by atoms with van der Waals surface area (Å²) >= 11 is 0. The Morgan fingerprint density at radius 3 is 2.35 bits per heavy atom. The number of cyclic esters (lactones) is 1. The number of nitrogens with one attached hydrogen (secondary N) is 3. The summed E-state index contributed by atoms with van der Waals surface area (Å²) < 4.78 is 66.5. The molecule has 0 spiro atoms. The second kappa shape index (κ2) is 14.0. The standard InChI is InChI=1S/C37H41F2N5O9S/c1-36(2,3)30-33(46)44-19-21(17-28(44)32(45)41-37(18-27(37)31(38)39)34(47)43-54(49,50)22-11-12-22)53-42-29-25-9-5-4-8-23(25)24-13-10-20(16-26(24)29)51-14-6-7-15-52-35(48)40-30/h4-10,13,16,21-22,27-28,30-31H,11-12,14-15,17-19H2,1-3H3,(H,40,48)(H,41,45)(H,43,47)/b7-6+,42-29-/t21-,27+,28+,30-,37-/m1/s1. The fourth-order valence-corrected chi connectivity index (χ4v) is 8.49. The van der Waals surface area contributed by atoms with E-state index in [1.807, 2.05) is 47.2 Å². The first kappa shape index (κ1) is 37.3. The molecular weight excluding hydrogens is 728 g/mol. The number of fused-ring (bicyclic) bond motifs is 6. The molecule has 14 nitrogen and oxygen atoms in total. The molecule has 4 amide bonds. The molecule has 4 bridgehead atoms. The molecule has 2 aliphatic heterocycles. The number of ether oxygens (including phenoxy) is 2. The number of rotatable bonds is 6. The molecule has 7 rings (SSSR count). The number of hydrogen-bond acceptors (Lipinski definition) is 10. The Labute approximate surface area is 310 Å². The van der Waals surface area contributed by atoms with E-state index in [1.54, 1.807) is 32.9 Å². The van der Waals surface area contributed by atoms with Gasteiger partial charge < -0.3 is 29.8 Å². The van der Waals surface area contributed by atoms with Crippen molar-refractivity contribution >= 4 is 39.5 Å². The molecule has 0 unspecified atom stereocenters. The quantitative estimate of drug-likeness (QED) is 0.317. The van der Waals surface area contributed by atoms with Crippen molar-refractivity contribution in [3.63, 3.8) is 0 Å². The van der Waals surface area contributed by atoms with Crippen LogP contribution in [0.25, 0.3) is 11.1 Å². The van der Waals surface area contributed by atoms with Gasteiger partial charge in [0.25, 0.3) is 5.91 Å².